The van der Waals surface area contributed by atoms with Crippen molar-refractivity contribution in [1.82, 2.24) is 14.0 Å². The number of rotatable bonds is 7. The highest BCUT2D eigenvalue weighted by Gasteiger charge is 2.39. The number of hydrogen-bond acceptors (Lipinski definition) is 8. The molecule has 280 valence electrons. The summed E-state index contributed by atoms with van der Waals surface area (Å²) < 4.78 is 35.9. The number of carboxylic acid groups (broad SMARTS) is 1. The van der Waals surface area contributed by atoms with Crippen molar-refractivity contribution >= 4 is 78.9 Å². The second-order valence-electron chi connectivity index (χ2n) is 14.4. The van der Waals surface area contributed by atoms with Crippen molar-refractivity contribution in [3.05, 3.63) is 114 Å². The quantitative estimate of drug-likeness (QED) is 0.0958. The number of aromatic nitrogens is 2. The fraction of sp³-hybridized carbons (Fsp3) is 0.289. The normalized spacial score (nSPS) is 16.5. The number of para-hydroxylation sites is 1. The number of nitro groups is 1. The number of piperidine rings is 1. The van der Waals surface area contributed by atoms with Crippen LogP contribution in [0.4, 0.5) is 5.69 Å². The Bertz CT molecular complexity index is 2520. The number of carbonyl (C=O) groups is 2. The molecule has 0 amide bonds. The molecule has 1 saturated heterocycles. The average molecular weight is 812 g/mol. The van der Waals surface area contributed by atoms with E-state index >= 15 is 0 Å². The van der Waals surface area contributed by atoms with Crippen molar-refractivity contribution in [3.63, 3.8) is 0 Å². The van der Waals surface area contributed by atoms with Crippen molar-refractivity contribution in [2.75, 3.05) is 13.1 Å². The van der Waals surface area contributed by atoms with Gasteiger partial charge >= 0.3 is 5.97 Å². The van der Waals surface area contributed by atoms with Crippen LogP contribution in [0.15, 0.2) is 75.8 Å². The van der Waals surface area contributed by atoms with Gasteiger partial charge in [0.1, 0.15) is 11.3 Å². The van der Waals surface area contributed by atoms with E-state index in [0.717, 1.165) is 22.6 Å². The van der Waals surface area contributed by atoms with Gasteiger partial charge in [0.05, 0.1) is 20.5 Å². The van der Waals surface area contributed by atoms with Crippen LogP contribution in [0.2, 0.25) is 15.1 Å². The van der Waals surface area contributed by atoms with Crippen LogP contribution in [-0.2, 0) is 21.2 Å². The highest BCUT2D eigenvalue weighted by molar-refractivity contribution is 7.89. The third kappa shape index (κ3) is 6.41. The molecule has 2 aliphatic rings. The summed E-state index contributed by atoms with van der Waals surface area (Å²) in [5.41, 5.74) is 2.40. The van der Waals surface area contributed by atoms with Gasteiger partial charge in [-0.25, -0.2) is 13.2 Å². The monoisotopic (exact) mass is 810 g/mol. The molecule has 0 radical (unpaired) electrons. The van der Waals surface area contributed by atoms with Crippen LogP contribution >= 0.6 is 34.8 Å². The Kier molecular flexibility index (Phi) is 9.76. The minimum absolute atomic E-state index is 0.0140. The third-order valence-corrected chi connectivity index (χ3v) is 12.8. The van der Waals surface area contributed by atoms with E-state index in [4.69, 9.17) is 39.3 Å². The molecule has 5 aromatic rings. The zero-order valence-corrected chi connectivity index (χ0v) is 32.3. The average Bonchev–Trinajstić information content (AvgIpc) is 3.71. The molecule has 1 aliphatic carbocycles. The van der Waals surface area contributed by atoms with E-state index in [1.54, 1.807) is 18.3 Å². The number of carboxylic acids is 1. The second kappa shape index (κ2) is 14.0. The highest BCUT2D eigenvalue weighted by Crippen LogP contribution is 2.46. The molecule has 0 saturated carbocycles. The summed E-state index contributed by atoms with van der Waals surface area (Å²) in [4.78, 5) is 38.1. The lowest BCUT2D eigenvalue weighted by atomic mass is 9.77. The molecule has 0 atom stereocenters. The maximum atomic E-state index is 15.0. The van der Waals surface area contributed by atoms with Crippen molar-refractivity contribution < 1.29 is 32.6 Å². The molecule has 16 heteroatoms. The van der Waals surface area contributed by atoms with Gasteiger partial charge in [-0.1, -0.05) is 85.0 Å². The van der Waals surface area contributed by atoms with Crippen molar-refractivity contribution in [3.8, 4) is 11.3 Å². The van der Waals surface area contributed by atoms with Crippen molar-refractivity contribution in [2.45, 2.75) is 57.3 Å². The summed E-state index contributed by atoms with van der Waals surface area (Å²) in [5, 5.41) is 27.5. The number of allylic oxidation sites excluding steroid dienone is 1. The fourth-order valence-corrected chi connectivity index (χ4v) is 10.3. The van der Waals surface area contributed by atoms with Crippen LogP contribution in [0.5, 0.6) is 0 Å². The van der Waals surface area contributed by atoms with Gasteiger partial charge in [-0.15, -0.1) is 0 Å². The lowest BCUT2D eigenvalue weighted by Gasteiger charge is -2.30. The summed E-state index contributed by atoms with van der Waals surface area (Å²) in [6.45, 7) is 5.56. The first kappa shape index (κ1) is 37.8. The number of nitro benzene ring substituents is 1. The zero-order valence-electron chi connectivity index (χ0n) is 29.2. The topological polar surface area (TPSA) is 166 Å². The Hall–Kier alpha value is -4.53. The summed E-state index contributed by atoms with van der Waals surface area (Å²) in [6.07, 6.45) is 3.13. The van der Waals surface area contributed by atoms with Gasteiger partial charge in [-0.05, 0) is 72.1 Å². The first-order valence-electron chi connectivity index (χ1n) is 17.0. The first-order valence-corrected chi connectivity index (χ1v) is 19.6. The van der Waals surface area contributed by atoms with Crippen LogP contribution in [-0.4, -0.2) is 57.4 Å². The molecule has 12 nitrogen and oxygen atoms in total. The van der Waals surface area contributed by atoms with E-state index < -0.39 is 48.7 Å². The van der Waals surface area contributed by atoms with Crippen molar-refractivity contribution in [1.29, 1.82) is 0 Å². The molecule has 7 rings (SSSR count). The van der Waals surface area contributed by atoms with Crippen molar-refractivity contribution in [2.24, 2.45) is 5.41 Å². The third-order valence-electron chi connectivity index (χ3n) is 10.0. The molecule has 54 heavy (non-hydrogen) atoms. The molecular weight excluding hydrogens is 779 g/mol. The summed E-state index contributed by atoms with van der Waals surface area (Å²) >= 11 is 19.6. The number of nitrogens with zero attached hydrogens (tertiary/aromatic N) is 4. The van der Waals surface area contributed by atoms with Gasteiger partial charge in [-0.2, -0.15) is 4.31 Å². The standard InChI is InChI=1S/C38H33Cl3N4O8S/c1-38(2,3)33(37(47)48)24-12-11-21-19-44(28-9-6-7-23(24)30(21)28)36(46)32-34(31-25(40)17-22(39)18-26(31)41)42-53-35(32)20-13-15-43(16-14-20)54(51,52)29-10-5-4-8-27(29)45(49)50/h4-10,17-20H,11-16H2,1-3H3,(H,47,48)/b33-24-. The van der Waals surface area contributed by atoms with Gasteiger partial charge in [0.2, 0.25) is 10.0 Å². The number of sulfonamides is 1. The molecule has 2 aromatic heterocycles. The molecule has 0 bridgehead atoms. The SMILES string of the molecule is CC(C)(C)/C(C(=O)O)=C1/CCc2cn(C(=O)c3c(-c4c(Cl)cc(Cl)cc4Cl)noc3C3CCN(S(=O)(=O)c4ccccc4[N+](=O)[O-])CC3)c3cccc1c23. The predicted octanol–water partition coefficient (Wildman–Crippen LogP) is 9.25. The maximum Gasteiger partial charge on any atom is 0.332 e. The number of aliphatic carboxylic acids is 1. The van der Waals surface area contributed by atoms with Gasteiger partial charge in [-0.3, -0.25) is 19.5 Å². The van der Waals surface area contributed by atoms with Gasteiger partial charge in [0.25, 0.3) is 11.6 Å². The molecule has 0 spiro atoms. The van der Waals surface area contributed by atoms with Gasteiger partial charge in [0, 0.05) is 52.8 Å². The smallest absolute Gasteiger partial charge is 0.332 e. The molecular formula is C38H33Cl3N4O8S. The lowest BCUT2D eigenvalue weighted by Crippen LogP contribution is -2.38. The molecule has 1 fully saturated rings. The number of aryl methyl sites for hydroxylation is 1. The predicted molar refractivity (Wildman–Crippen MR) is 205 cm³/mol. The molecule has 3 aromatic carbocycles. The Morgan fingerprint density at radius 3 is 2.30 bits per heavy atom. The molecule has 3 heterocycles. The van der Waals surface area contributed by atoms with E-state index in [0.29, 0.717) is 29.5 Å². The minimum atomic E-state index is -4.23. The van der Waals surface area contributed by atoms with E-state index in [1.165, 1.54) is 39.2 Å². The molecule has 1 N–H and O–H groups in total. The second-order valence-corrected chi connectivity index (χ2v) is 17.5. The Morgan fingerprint density at radius 2 is 1.67 bits per heavy atom. The Balaban J connectivity index is 1.33. The largest absolute Gasteiger partial charge is 0.478 e. The summed E-state index contributed by atoms with van der Waals surface area (Å²) in [7, 11) is -4.23. The molecule has 0 unspecified atom stereocenters. The van der Waals surface area contributed by atoms with Crippen LogP contribution in [0.3, 0.4) is 0 Å². The Morgan fingerprint density at radius 1 is 1.00 bits per heavy atom. The van der Waals surface area contributed by atoms with Gasteiger partial charge in [0.15, 0.2) is 10.7 Å². The van der Waals surface area contributed by atoms with E-state index in [2.05, 4.69) is 5.16 Å². The molecule has 1 aliphatic heterocycles. The highest BCUT2D eigenvalue weighted by atomic mass is 35.5. The Labute approximate surface area is 325 Å². The van der Waals surface area contributed by atoms with Crippen LogP contribution in [0.25, 0.3) is 27.7 Å². The van der Waals surface area contributed by atoms with Crippen LogP contribution in [0, 0.1) is 15.5 Å². The van der Waals surface area contributed by atoms with Crippen LogP contribution in [0.1, 0.15) is 73.2 Å². The number of hydrogen-bond donors (Lipinski definition) is 1. The zero-order chi connectivity index (χ0) is 38.9. The number of benzene rings is 3. The minimum Gasteiger partial charge on any atom is -0.478 e. The number of halogens is 3. The lowest BCUT2D eigenvalue weighted by molar-refractivity contribution is -0.387. The van der Waals surface area contributed by atoms with Gasteiger partial charge < -0.3 is 9.63 Å². The van der Waals surface area contributed by atoms with E-state index in [-0.39, 0.29) is 63.6 Å². The first-order chi connectivity index (χ1) is 25.5. The number of carbonyl (C=O) groups excluding carboxylic acids is 1. The summed E-state index contributed by atoms with van der Waals surface area (Å²) in [5.74, 6) is -1.78. The maximum absolute atomic E-state index is 15.0. The van der Waals surface area contributed by atoms with E-state index in [1.807, 2.05) is 26.8 Å². The van der Waals surface area contributed by atoms with Crippen LogP contribution < -0.4 is 0 Å². The summed E-state index contributed by atoms with van der Waals surface area (Å²) in [6, 6.07) is 13.6. The van der Waals surface area contributed by atoms with E-state index in [9.17, 15) is 33.2 Å². The fourth-order valence-electron chi connectivity index (χ4n) is 7.71.